The van der Waals surface area contributed by atoms with Crippen molar-refractivity contribution < 1.29 is 14.3 Å². The topological polar surface area (TPSA) is 94.2 Å². The Kier molecular flexibility index (Phi) is 6.31. The van der Waals surface area contributed by atoms with Gasteiger partial charge >= 0.3 is 0 Å². The smallest absolute Gasteiger partial charge is 0.255 e. The van der Waals surface area contributed by atoms with Crippen LogP contribution < -0.4 is 16.0 Å². The highest BCUT2D eigenvalue weighted by Crippen LogP contribution is 2.17. The maximum atomic E-state index is 13.0. The number of aromatic hydroxyl groups is 1. The number of rotatable bonds is 5. The highest BCUT2D eigenvalue weighted by molar-refractivity contribution is 5.96. The molecule has 0 radical (unpaired) electrons. The number of nitrogens with one attached hydrogen (secondary N) is 1. The minimum absolute atomic E-state index is 0.0537. The lowest BCUT2D eigenvalue weighted by Gasteiger charge is -2.36. The van der Waals surface area contributed by atoms with Gasteiger partial charge in [-0.2, -0.15) is 0 Å². The van der Waals surface area contributed by atoms with Crippen LogP contribution in [-0.2, 0) is 0 Å². The van der Waals surface area contributed by atoms with Crippen LogP contribution >= 0.6 is 0 Å². The van der Waals surface area contributed by atoms with Crippen LogP contribution in [0.4, 0.5) is 10.1 Å². The van der Waals surface area contributed by atoms with Crippen molar-refractivity contribution >= 4 is 17.6 Å². The number of piperazine rings is 1. The molecule has 0 saturated carbocycles. The van der Waals surface area contributed by atoms with Crippen molar-refractivity contribution in [2.24, 2.45) is 10.7 Å². The van der Waals surface area contributed by atoms with E-state index in [9.17, 15) is 14.3 Å². The first-order chi connectivity index (χ1) is 13.5. The SMILES string of the molecule is NC(=NCCNC(=O)c1ccccc1O)N1CCN(c2ccc(F)cc2)CC1. The number of carbonyl (C=O) groups excluding carboxylic acids is 1. The summed E-state index contributed by atoms with van der Waals surface area (Å²) in [6.45, 7) is 3.65. The highest BCUT2D eigenvalue weighted by atomic mass is 19.1. The van der Waals surface area contributed by atoms with Crippen LogP contribution in [0.5, 0.6) is 5.75 Å². The number of anilines is 1. The Morgan fingerprint density at radius 3 is 2.46 bits per heavy atom. The summed E-state index contributed by atoms with van der Waals surface area (Å²) < 4.78 is 13.0. The summed E-state index contributed by atoms with van der Waals surface area (Å²) in [4.78, 5) is 20.5. The Morgan fingerprint density at radius 1 is 1.11 bits per heavy atom. The molecular weight excluding hydrogens is 361 g/mol. The Bertz CT molecular complexity index is 833. The van der Waals surface area contributed by atoms with E-state index in [1.807, 2.05) is 4.90 Å². The van der Waals surface area contributed by atoms with Gasteiger partial charge in [-0.25, -0.2) is 4.39 Å². The maximum Gasteiger partial charge on any atom is 0.255 e. The van der Waals surface area contributed by atoms with Crippen LogP contribution in [0.3, 0.4) is 0 Å². The van der Waals surface area contributed by atoms with Crippen molar-refractivity contribution in [3.8, 4) is 5.75 Å². The monoisotopic (exact) mass is 385 g/mol. The summed E-state index contributed by atoms with van der Waals surface area (Å²) in [5.41, 5.74) is 7.28. The molecule has 7 nitrogen and oxygen atoms in total. The quantitative estimate of drug-likeness (QED) is 0.411. The third kappa shape index (κ3) is 4.91. The third-order valence-electron chi connectivity index (χ3n) is 4.62. The summed E-state index contributed by atoms with van der Waals surface area (Å²) in [5, 5.41) is 12.4. The summed E-state index contributed by atoms with van der Waals surface area (Å²) in [6, 6.07) is 12.8. The minimum Gasteiger partial charge on any atom is -0.507 e. The molecule has 148 valence electrons. The molecule has 1 amide bonds. The Labute approximate surface area is 163 Å². The molecule has 8 heteroatoms. The molecule has 0 aliphatic carbocycles. The van der Waals surface area contributed by atoms with E-state index in [4.69, 9.17) is 5.73 Å². The van der Waals surface area contributed by atoms with Crippen LogP contribution in [0, 0.1) is 5.82 Å². The van der Waals surface area contributed by atoms with E-state index in [0.29, 0.717) is 19.0 Å². The average molecular weight is 385 g/mol. The number of phenols is 1. The molecule has 1 heterocycles. The van der Waals surface area contributed by atoms with Crippen LogP contribution in [0.15, 0.2) is 53.5 Å². The van der Waals surface area contributed by atoms with Crippen LogP contribution in [-0.4, -0.2) is 61.1 Å². The number of phenolic OH excluding ortho intramolecular Hbond substituents is 1. The van der Waals surface area contributed by atoms with E-state index in [1.165, 1.54) is 18.2 Å². The van der Waals surface area contributed by atoms with Gasteiger partial charge in [0.25, 0.3) is 5.91 Å². The molecule has 1 aliphatic heterocycles. The second-order valence-electron chi connectivity index (χ2n) is 6.46. The lowest BCUT2D eigenvalue weighted by molar-refractivity contribution is 0.0952. The number of para-hydroxylation sites is 1. The zero-order chi connectivity index (χ0) is 19.9. The zero-order valence-electron chi connectivity index (χ0n) is 15.5. The Balaban J connectivity index is 1.43. The van der Waals surface area contributed by atoms with Gasteiger partial charge in [0.2, 0.25) is 0 Å². The Morgan fingerprint density at radius 2 is 1.79 bits per heavy atom. The van der Waals surface area contributed by atoms with E-state index >= 15 is 0 Å². The first-order valence-corrected chi connectivity index (χ1v) is 9.16. The molecule has 0 spiro atoms. The maximum absolute atomic E-state index is 13.0. The molecule has 1 saturated heterocycles. The summed E-state index contributed by atoms with van der Waals surface area (Å²) in [6.07, 6.45) is 0. The largest absolute Gasteiger partial charge is 0.507 e. The van der Waals surface area contributed by atoms with Gasteiger partial charge in [0.1, 0.15) is 11.6 Å². The fourth-order valence-corrected chi connectivity index (χ4v) is 3.05. The van der Waals surface area contributed by atoms with Crippen LogP contribution in [0.1, 0.15) is 10.4 Å². The summed E-state index contributed by atoms with van der Waals surface area (Å²) in [5.74, 6) is -0.203. The molecule has 0 bridgehead atoms. The first-order valence-electron chi connectivity index (χ1n) is 9.16. The molecular formula is C20H24FN5O2. The fourth-order valence-electron chi connectivity index (χ4n) is 3.05. The van der Waals surface area contributed by atoms with E-state index in [-0.39, 0.29) is 23.0 Å². The lowest BCUT2D eigenvalue weighted by Crippen LogP contribution is -2.51. The zero-order valence-corrected chi connectivity index (χ0v) is 15.5. The van der Waals surface area contributed by atoms with E-state index in [0.717, 1.165) is 31.9 Å². The highest BCUT2D eigenvalue weighted by Gasteiger charge is 2.18. The molecule has 2 aromatic carbocycles. The third-order valence-corrected chi connectivity index (χ3v) is 4.62. The van der Waals surface area contributed by atoms with Crippen molar-refractivity contribution in [3.63, 3.8) is 0 Å². The first kappa shape index (κ1) is 19.5. The van der Waals surface area contributed by atoms with Gasteiger partial charge in [0, 0.05) is 38.4 Å². The minimum atomic E-state index is -0.347. The van der Waals surface area contributed by atoms with Crippen LogP contribution in [0.2, 0.25) is 0 Å². The Hall–Kier alpha value is -3.29. The molecule has 0 unspecified atom stereocenters. The number of hydrogen-bond acceptors (Lipinski definition) is 4. The second-order valence-corrected chi connectivity index (χ2v) is 6.46. The van der Waals surface area contributed by atoms with Crippen LogP contribution in [0.25, 0.3) is 0 Å². The summed E-state index contributed by atoms with van der Waals surface area (Å²) >= 11 is 0. The normalized spacial score (nSPS) is 14.8. The van der Waals surface area contributed by atoms with E-state index in [2.05, 4.69) is 15.2 Å². The summed E-state index contributed by atoms with van der Waals surface area (Å²) in [7, 11) is 0. The van der Waals surface area contributed by atoms with Gasteiger partial charge in [-0.15, -0.1) is 0 Å². The number of nitrogens with two attached hydrogens (primary N) is 1. The molecule has 0 aromatic heterocycles. The number of halogens is 1. The van der Waals surface area contributed by atoms with Gasteiger partial charge in [-0.05, 0) is 36.4 Å². The van der Waals surface area contributed by atoms with Crippen molar-refractivity contribution in [1.29, 1.82) is 0 Å². The van der Waals surface area contributed by atoms with Crippen molar-refractivity contribution in [2.45, 2.75) is 0 Å². The lowest BCUT2D eigenvalue weighted by atomic mass is 10.2. The van der Waals surface area contributed by atoms with Gasteiger partial charge in [0.15, 0.2) is 5.96 Å². The number of benzene rings is 2. The number of hydrogen-bond donors (Lipinski definition) is 3. The number of carbonyl (C=O) groups is 1. The fraction of sp³-hybridized carbons (Fsp3) is 0.300. The van der Waals surface area contributed by atoms with Crippen molar-refractivity contribution in [1.82, 2.24) is 10.2 Å². The van der Waals surface area contributed by atoms with Gasteiger partial charge in [-0.1, -0.05) is 12.1 Å². The number of nitrogens with zero attached hydrogens (tertiary/aromatic N) is 3. The molecule has 1 fully saturated rings. The second kappa shape index (κ2) is 9.07. The molecule has 0 atom stereocenters. The van der Waals surface area contributed by atoms with Crippen molar-refractivity contribution in [3.05, 3.63) is 59.9 Å². The predicted molar refractivity (Wildman–Crippen MR) is 107 cm³/mol. The van der Waals surface area contributed by atoms with Gasteiger partial charge < -0.3 is 26.0 Å². The van der Waals surface area contributed by atoms with E-state index < -0.39 is 0 Å². The number of aliphatic imine (C=N–C) groups is 1. The van der Waals surface area contributed by atoms with Crippen molar-refractivity contribution in [2.75, 3.05) is 44.2 Å². The average Bonchev–Trinajstić information content (AvgIpc) is 2.72. The molecule has 28 heavy (non-hydrogen) atoms. The van der Waals surface area contributed by atoms with Gasteiger partial charge in [-0.3, -0.25) is 9.79 Å². The molecule has 4 N–H and O–H groups in total. The number of guanidine groups is 1. The molecule has 2 aromatic rings. The van der Waals surface area contributed by atoms with Gasteiger partial charge in [0.05, 0.1) is 12.1 Å². The molecule has 1 aliphatic rings. The number of amides is 1. The van der Waals surface area contributed by atoms with E-state index in [1.54, 1.807) is 30.3 Å². The predicted octanol–water partition coefficient (Wildman–Crippen LogP) is 1.40. The molecule has 3 rings (SSSR count). The standard InChI is InChI=1S/C20H24FN5O2/c21-15-5-7-16(8-6-15)25-11-13-26(14-12-25)20(22)24-10-9-23-19(28)17-3-1-2-4-18(17)27/h1-8,27H,9-14H2,(H2,22,24)(H,23,28).